The first-order valence-corrected chi connectivity index (χ1v) is 12.2. The Balaban J connectivity index is 3.37. The van der Waals surface area contributed by atoms with Crippen molar-refractivity contribution in [2.45, 2.75) is 33.5 Å². The Hall–Kier alpha value is -0.720. The monoisotopic (exact) mass is 422 g/mol. The van der Waals surface area contributed by atoms with Gasteiger partial charge in [0.15, 0.2) is 0 Å². The molecule has 0 radical (unpaired) electrons. The second-order valence-corrected chi connectivity index (χ2v) is 9.61. The molecule has 0 aliphatic carbocycles. The van der Waals surface area contributed by atoms with E-state index in [4.69, 9.17) is 18.1 Å². The summed E-state index contributed by atoms with van der Waals surface area (Å²) in [7, 11) is -3.55. The first-order valence-electron chi connectivity index (χ1n) is 9.08. The molecular weight excluding hydrogens is 390 g/mol. The van der Waals surface area contributed by atoms with E-state index in [1.54, 1.807) is 39.8 Å². The number of hydrogen-bond donors (Lipinski definition) is 1. The first kappa shape index (κ1) is 24.3. The van der Waals surface area contributed by atoms with Crippen LogP contribution in [0, 0.1) is 0 Å². The quantitative estimate of drug-likeness (QED) is 0.454. The minimum Gasteiger partial charge on any atom is -0.378 e. The van der Waals surface area contributed by atoms with Crippen LogP contribution in [0.25, 0.3) is 0 Å². The Morgan fingerprint density at radius 2 is 1.30 bits per heavy atom. The summed E-state index contributed by atoms with van der Waals surface area (Å²) in [5.41, 5.74) is 1.57. The molecule has 0 aliphatic rings. The third-order valence-corrected chi connectivity index (χ3v) is 7.81. The summed E-state index contributed by atoms with van der Waals surface area (Å²) in [6, 6.07) is 7.33. The molecule has 1 unspecified atom stereocenters. The lowest BCUT2D eigenvalue weighted by Crippen LogP contribution is -2.23. The first-order chi connectivity index (χ1) is 12.7. The summed E-state index contributed by atoms with van der Waals surface area (Å²) < 4.78 is 48.1. The molecule has 0 aromatic heterocycles. The van der Waals surface area contributed by atoms with Crippen molar-refractivity contribution in [2.24, 2.45) is 0 Å². The fraction of sp³-hybridized carbons (Fsp3) is 0.647. The van der Waals surface area contributed by atoms with Gasteiger partial charge in [0, 0.05) is 19.8 Å². The molecule has 0 spiro atoms. The Morgan fingerprint density at radius 1 is 0.852 bits per heavy atom. The highest BCUT2D eigenvalue weighted by atomic mass is 31.2. The second kappa shape index (κ2) is 11.3. The normalized spacial score (nSPS) is 13.6. The van der Waals surface area contributed by atoms with Crippen LogP contribution in [0.3, 0.4) is 0 Å². The zero-order valence-corrected chi connectivity index (χ0v) is 18.8. The highest BCUT2D eigenvalue weighted by Crippen LogP contribution is 2.63. The van der Waals surface area contributed by atoms with E-state index in [1.807, 2.05) is 31.1 Å². The van der Waals surface area contributed by atoms with E-state index in [0.717, 1.165) is 5.69 Å². The molecule has 0 fully saturated rings. The Bertz CT molecular complexity index is 633. The molecular formula is C17H32N2O6P2. The van der Waals surface area contributed by atoms with Crippen molar-refractivity contribution in [3.63, 3.8) is 0 Å². The number of nitrogens with one attached hydrogen (secondary N) is 1. The van der Waals surface area contributed by atoms with Gasteiger partial charge in [-0.15, -0.1) is 0 Å². The predicted molar refractivity (Wildman–Crippen MR) is 108 cm³/mol. The number of anilines is 1. The van der Waals surface area contributed by atoms with E-state index in [9.17, 15) is 9.13 Å². The fourth-order valence-corrected chi connectivity index (χ4v) is 6.40. The third kappa shape index (κ3) is 6.99. The Kier molecular flexibility index (Phi) is 10.2. The second-order valence-electron chi connectivity index (χ2n) is 5.73. The van der Waals surface area contributed by atoms with Crippen LogP contribution >= 0.6 is 15.3 Å². The standard InChI is InChI=1S/C17H32N2O6P2/c1-7-22-26(20,23-8-2)17(18-27(21,24-9-3)25-10-4)15-11-13-16(14-12-15)19(5)6/h11-14,17H,7-10H2,1-6H3,(H,18,21). The number of nitrogens with zero attached hydrogens (tertiary/aromatic N) is 1. The maximum absolute atomic E-state index is 13.5. The van der Waals surface area contributed by atoms with Gasteiger partial charge in [-0.25, -0.2) is 9.65 Å². The molecule has 27 heavy (non-hydrogen) atoms. The van der Waals surface area contributed by atoms with Crippen LogP contribution in [0.1, 0.15) is 39.0 Å². The maximum Gasteiger partial charge on any atom is 0.406 e. The molecule has 0 heterocycles. The van der Waals surface area contributed by atoms with Gasteiger partial charge < -0.3 is 13.9 Å². The van der Waals surface area contributed by atoms with Crippen LogP contribution in [0.5, 0.6) is 0 Å². The average Bonchev–Trinajstić information content (AvgIpc) is 2.60. The summed E-state index contributed by atoms with van der Waals surface area (Å²) in [5, 5.41) is 2.79. The minimum atomic E-state index is -3.71. The van der Waals surface area contributed by atoms with Crippen molar-refractivity contribution >= 4 is 21.0 Å². The van der Waals surface area contributed by atoms with Crippen LogP contribution in [0.2, 0.25) is 0 Å². The molecule has 1 aromatic carbocycles. The van der Waals surface area contributed by atoms with Crippen LogP contribution in [-0.2, 0) is 27.2 Å². The van der Waals surface area contributed by atoms with E-state index in [-0.39, 0.29) is 26.4 Å². The molecule has 0 aliphatic heterocycles. The van der Waals surface area contributed by atoms with Crippen LogP contribution < -0.4 is 9.99 Å². The van der Waals surface area contributed by atoms with Gasteiger partial charge in [0.2, 0.25) is 0 Å². The van der Waals surface area contributed by atoms with Crippen LogP contribution in [-0.4, -0.2) is 40.5 Å². The molecule has 1 atom stereocenters. The zero-order valence-electron chi connectivity index (χ0n) is 17.0. The molecule has 0 saturated heterocycles. The molecule has 10 heteroatoms. The highest BCUT2D eigenvalue weighted by Gasteiger charge is 2.42. The lowest BCUT2D eigenvalue weighted by atomic mass is 10.2. The van der Waals surface area contributed by atoms with Gasteiger partial charge in [-0.05, 0) is 45.4 Å². The molecule has 156 valence electrons. The van der Waals surface area contributed by atoms with E-state index in [0.29, 0.717) is 5.56 Å². The lowest BCUT2D eigenvalue weighted by Gasteiger charge is -2.30. The molecule has 1 rings (SSSR count). The topological polar surface area (TPSA) is 86.3 Å². The van der Waals surface area contributed by atoms with Gasteiger partial charge in [-0.2, -0.15) is 0 Å². The van der Waals surface area contributed by atoms with Gasteiger partial charge in [0.25, 0.3) is 0 Å². The highest BCUT2D eigenvalue weighted by molar-refractivity contribution is 7.57. The SMILES string of the molecule is CCOP(=O)(NC(c1ccc(N(C)C)cc1)P(=O)(OCC)OCC)OCC. The van der Waals surface area contributed by atoms with Crippen molar-refractivity contribution in [1.29, 1.82) is 0 Å². The minimum absolute atomic E-state index is 0.171. The van der Waals surface area contributed by atoms with Crippen LogP contribution in [0.4, 0.5) is 5.69 Å². The number of hydrogen-bond acceptors (Lipinski definition) is 7. The summed E-state index contributed by atoms with van der Waals surface area (Å²) in [4.78, 5) is 1.95. The number of benzene rings is 1. The average molecular weight is 422 g/mol. The van der Waals surface area contributed by atoms with Gasteiger partial charge in [-0.3, -0.25) is 13.6 Å². The van der Waals surface area contributed by atoms with Crippen molar-refractivity contribution in [3.05, 3.63) is 29.8 Å². The molecule has 0 saturated carbocycles. The Labute approximate surface area is 162 Å². The Morgan fingerprint density at radius 3 is 1.67 bits per heavy atom. The van der Waals surface area contributed by atoms with E-state index in [2.05, 4.69) is 5.09 Å². The smallest absolute Gasteiger partial charge is 0.378 e. The summed E-state index contributed by atoms with van der Waals surface area (Å²) in [5.74, 6) is -1.00. The van der Waals surface area contributed by atoms with E-state index < -0.39 is 21.1 Å². The summed E-state index contributed by atoms with van der Waals surface area (Å²) in [6.07, 6.45) is 0. The summed E-state index contributed by atoms with van der Waals surface area (Å²) >= 11 is 0. The molecule has 0 amide bonds. The van der Waals surface area contributed by atoms with Gasteiger partial charge in [0.05, 0.1) is 26.4 Å². The van der Waals surface area contributed by atoms with Gasteiger partial charge in [-0.1, -0.05) is 12.1 Å². The van der Waals surface area contributed by atoms with Crippen LogP contribution in [0.15, 0.2) is 24.3 Å². The van der Waals surface area contributed by atoms with Gasteiger partial charge >= 0.3 is 15.3 Å². The molecule has 8 nitrogen and oxygen atoms in total. The maximum atomic E-state index is 13.5. The van der Waals surface area contributed by atoms with Gasteiger partial charge in [0.1, 0.15) is 5.78 Å². The van der Waals surface area contributed by atoms with Crippen molar-refractivity contribution < 1.29 is 27.2 Å². The van der Waals surface area contributed by atoms with Crippen molar-refractivity contribution in [3.8, 4) is 0 Å². The third-order valence-electron chi connectivity index (χ3n) is 3.54. The number of rotatable bonds is 13. The molecule has 0 bridgehead atoms. The predicted octanol–water partition coefficient (Wildman–Crippen LogP) is 4.79. The lowest BCUT2D eigenvalue weighted by molar-refractivity contribution is 0.193. The van der Waals surface area contributed by atoms with Crippen molar-refractivity contribution in [1.82, 2.24) is 5.09 Å². The van der Waals surface area contributed by atoms with E-state index >= 15 is 0 Å². The largest absolute Gasteiger partial charge is 0.406 e. The zero-order chi connectivity index (χ0) is 20.5. The van der Waals surface area contributed by atoms with E-state index in [1.165, 1.54) is 0 Å². The summed E-state index contributed by atoms with van der Waals surface area (Å²) in [6.45, 7) is 7.56. The fourth-order valence-electron chi connectivity index (χ4n) is 2.43. The molecule has 1 N–H and O–H groups in total. The van der Waals surface area contributed by atoms with Crippen molar-refractivity contribution in [2.75, 3.05) is 45.4 Å². The molecule has 1 aromatic rings.